The first-order valence-electron chi connectivity index (χ1n) is 12.6. The molecule has 0 saturated carbocycles. The maximum atomic E-state index is 12.4. The van der Waals surface area contributed by atoms with Gasteiger partial charge in [0.1, 0.15) is 17.3 Å². The fraction of sp³-hybridized carbons (Fsp3) is 0.444. The number of hydrogen-bond acceptors (Lipinski definition) is 5. The van der Waals surface area contributed by atoms with Crippen molar-refractivity contribution in [3.05, 3.63) is 76.6 Å². The second-order valence-electron chi connectivity index (χ2n) is 9.75. The summed E-state index contributed by atoms with van der Waals surface area (Å²) in [6.07, 6.45) is 8.51. The van der Waals surface area contributed by atoms with Crippen molar-refractivity contribution in [2.75, 3.05) is 26.2 Å². The van der Waals surface area contributed by atoms with Crippen LogP contribution in [0.2, 0.25) is 5.02 Å². The SMILES string of the molecule is Cn1cc(S(=O)(=O)NCCOc2ccc3c(c2)C(Cc2cccc(Cl)c2)C(N2CCCC2)CC3)cn1. The number of benzene rings is 2. The van der Waals surface area contributed by atoms with E-state index in [0.717, 1.165) is 30.0 Å². The van der Waals surface area contributed by atoms with E-state index in [1.807, 2.05) is 18.2 Å². The molecule has 1 aliphatic carbocycles. The Labute approximate surface area is 218 Å². The van der Waals surface area contributed by atoms with E-state index in [2.05, 4.69) is 39.0 Å². The van der Waals surface area contributed by atoms with E-state index >= 15 is 0 Å². The summed E-state index contributed by atoms with van der Waals surface area (Å²) in [7, 11) is -1.91. The van der Waals surface area contributed by atoms with Crippen molar-refractivity contribution in [3.63, 3.8) is 0 Å². The third-order valence-electron chi connectivity index (χ3n) is 7.30. The van der Waals surface area contributed by atoms with Crippen molar-refractivity contribution >= 4 is 21.6 Å². The van der Waals surface area contributed by atoms with Gasteiger partial charge in [0.25, 0.3) is 0 Å². The van der Waals surface area contributed by atoms with Crippen LogP contribution in [-0.2, 0) is 29.9 Å². The third-order valence-corrected chi connectivity index (χ3v) is 8.95. The van der Waals surface area contributed by atoms with Gasteiger partial charge in [0.2, 0.25) is 10.0 Å². The predicted molar refractivity (Wildman–Crippen MR) is 141 cm³/mol. The molecule has 7 nitrogen and oxygen atoms in total. The lowest BCUT2D eigenvalue weighted by Crippen LogP contribution is -2.41. The van der Waals surface area contributed by atoms with Crippen LogP contribution in [0.1, 0.15) is 41.9 Å². The molecule has 2 aliphatic rings. The Kier molecular flexibility index (Phi) is 7.67. The number of halogens is 1. The van der Waals surface area contributed by atoms with E-state index in [1.54, 1.807) is 7.05 Å². The van der Waals surface area contributed by atoms with Crippen molar-refractivity contribution in [3.8, 4) is 5.75 Å². The van der Waals surface area contributed by atoms with E-state index < -0.39 is 10.0 Å². The Bertz CT molecular complexity index is 1300. The highest BCUT2D eigenvalue weighted by Gasteiger charge is 2.35. The maximum absolute atomic E-state index is 12.4. The molecule has 9 heteroatoms. The van der Waals surface area contributed by atoms with Gasteiger partial charge < -0.3 is 4.74 Å². The highest BCUT2D eigenvalue weighted by molar-refractivity contribution is 7.89. The van der Waals surface area contributed by atoms with E-state index in [0.29, 0.717) is 12.0 Å². The number of nitrogens with zero attached hydrogens (tertiary/aromatic N) is 3. The normalized spacial score (nSPS) is 20.4. The summed E-state index contributed by atoms with van der Waals surface area (Å²) >= 11 is 6.31. The number of aromatic nitrogens is 2. The molecule has 192 valence electrons. The highest BCUT2D eigenvalue weighted by atomic mass is 35.5. The molecule has 2 unspecified atom stereocenters. The smallest absolute Gasteiger partial charge is 0.243 e. The molecular formula is C27H33ClN4O3S. The summed E-state index contributed by atoms with van der Waals surface area (Å²) < 4.78 is 34.9. The number of aryl methyl sites for hydroxylation is 2. The fourth-order valence-corrected chi connectivity index (χ4v) is 6.80. The fourth-order valence-electron chi connectivity index (χ4n) is 5.59. The average molecular weight is 529 g/mol. The van der Waals surface area contributed by atoms with Gasteiger partial charge in [0.15, 0.2) is 0 Å². The predicted octanol–water partition coefficient (Wildman–Crippen LogP) is 4.17. The van der Waals surface area contributed by atoms with Gasteiger partial charge in [-0.15, -0.1) is 0 Å². The van der Waals surface area contributed by atoms with Crippen molar-refractivity contribution in [2.45, 2.75) is 49.0 Å². The third kappa shape index (κ3) is 5.78. The van der Waals surface area contributed by atoms with Crippen LogP contribution in [0, 0.1) is 0 Å². The molecule has 1 N–H and O–H groups in total. The molecule has 1 fully saturated rings. The lowest BCUT2D eigenvalue weighted by molar-refractivity contribution is 0.188. The second-order valence-corrected chi connectivity index (χ2v) is 11.9. The molecule has 3 aromatic rings. The van der Waals surface area contributed by atoms with Crippen LogP contribution in [0.4, 0.5) is 0 Å². The van der Waals surface area contributed by atoms with Crippen molar-refractivity contribution in [1.29, 1.82) is 0 Å². The Hall–Kier alpha value is -2.39. The number of likely N-dealkylation sites (tertiary alicyclic amines) is 1. The molecular weight excluding hydrogens is 496 g/mol. The number of fused-ring (bicyclic) bond motifs is 1. The zero-order valence-corrected chi connectivity index (χ0v) is 22.1. The van der Waals surface area contributed by atoms with Gasteiger partial charge in [-0.25, -0.2) is 13.1 Å². The van der Waals surface area contributed by atoms with E-state index in [9.17, 15) is 8.42 Å². The van der Waals surface area contributed by atoms with Crippen molar-refractivity contribution in [1.82, 2.24) is 19.4 Å². The number of rotatable bonds is 9. The van der Waals surface area contributed by atoms with Crippen LogP contribution < -0.4 is 9.46 Å². The molecule has 1 saturated heterocycles. The molecule has 2 atom stereocenters. The van der Waals surface area contributed by atoms with Gasteiger partial charge in [-0.1, -0.05) is 29.8 Å². The summed E-state index contributed by atoms with van der Waals surface area (Å²) in [5, 5.41) is 4.70. The van der Waals surface area contributed by atoms with Crippen molar-refractivity contribution in [2.24, 2.45) is 7.05 Å². The number of ether oxygens (including phenoxy) is 1. The van der Waals surface area contributed by atoms with Crippen molar-refractivity contribution < 1.29 is 13.2 Å². The van der Waals surface area contributed by atoms with Gasteiger partial charge in [-0.2, -0.15) is 5.10 Å². The lowest BCUT2D eigenvalue weighted by atomic mass is 9.75. The van der Waals surface area contributed by atoms with Crippen LogP contribution >= 0.6 is 11.6 Å². The van der Waals surface area contributed by atoms with E-state index in [1.165, 1.54) is 59.7 Å². The Morgan fingerprint density at radius 1 is 1.17 bits per heavy atom. The average Bonchev–Trinajstić information content (AvgIpc) is 3.55. The molecule has 1 aromatic heterocycles. The molecule has 0 spiro atoms. The minimum Gasteiger partial charge on any atom is -0.492 e. The lowest BCUT2D eigenvalue weighted by Gasteiger charge is -2.39. The Morgan fingerprint density at radius 3 is 2.75 bits per heavy atom. The van der Waals surface area contributed by atoms with Gasteiger partial charge in [0.05, 0.1) is 6.20 Å². The molecule has 0 radical (unpaired) electrons. The molecule has 2 aromatic carbocycles. The standard InChI is InChI=1S/C27H33ClN4O3S/c1-31-19-24(18-29-31)36(33,34)30-11-14-35-23-9-7-21-8-10-27(32-12-2-3-13-32)26(25(21)17-23)16-20-5-4-6-22(28)15-20/h4-7,9,15,17-19,26-27,30H,2-3,8,10-14,16H2,1H3. The van der Waals surface area contributed by atoms with Crippen LogP contribution in [0.5, 0.6) is 5.75 Å². The first kappa shape index (κ1) is 25.3. The summed E-state index contributed by atoms with van der Waals surface area (Å²) in [6.45, 7) is 2.75. The van der Waals surface area contributed by atoms with Gasteiger partial charge >= 0.3 is 0 Å². The first-order chi connectivity index (χ1) is 17.4. The van der Waals surface area contributed by atoms with Gasteiger partial charge in [-0.05, 0) is 86.1 Å². The second kappa shape index (κ2) is 10.9. The molecule has 0 amide bonds. The Morgan fingerprint density at radius 2 is 2.00 bits per heavy atom. The maximum Gasteiger partial charge on any atom is 0.243 e. The Balaban J connectivity index is 1.30. The van der Waals surface area contributed by atoms with Crippen LogP contribution in [-0.4, -0.2) is 55.4 Å². The van der Waals surface area contributed by atoms with E-state index in [4.69, 9.17) is 16.3 Å². The molecule has 36 heavy (non-hydrogen) atoms. The first-order valence-corrected chi connectivity index (χ1v) is 14.5. The summed E-state index contributed by atoms with van der Waals surface area (Å²) in [5.74, 6) is 1.13. The summed E-state index contributed by atoms with van der Waals surface area (Å²) in [6, 6.07) is 15.0. The largest absolute Gasteiger partial charge is 0.492 e. The molecule has 1 aliphatic heterocycles. The minimum absolute atomic E-state index is 0.149. The number of sulfonamides is 1. The summed E-state index contributed by atoms with van der Waals surface area (Å²) in [4.78, 5) is 2.81. The van der Waals surface area contributed by atoms with Gasteiger partial charge in [-0.3, -0.25) is 9.58 Å². The molecule has 5 rings (SSSR count). The van der Waals surface area contributed by atoms with Gasteiger partial charge in [0, 0.05) is 36.8 Å². The van der Waals surface area contributed by atoms with Crippen LogP contribution in [0.25, 0.3) is 0 Å². The van der Waals surface area contributed by atoms with Crippen LogP contribution in [0.3, 0.4) is 0 Å². The number of nitrogens with one attached hydrogen (secondary N) is 1. The topological polar surface area (TPSA) is 76.5 Å². The molecule has 2 heterocycles. The number of hydrogen-bond donors (Lipinski definition) is 1. The monoisotopic (exact) mass is 528 g/mol. The van der Waals surface area contributed by atoms with E-state index in [-0.39, 0.29) is 18.0 Å². The quantitative estimate of drug-likeness (QED) is 0.422. The zero-order chi connectivity index (χ0) is 25.1. The van der Waals surface area contributed by atoms with Crippen LogP contribution in [0.15, 0.2) is 59.8 Å². The zero-order valence-electron chi connectivity index (χ0n) is 20.6. The highest BCUT2D eigenvalue weighted by Crippen LogP contribution is 2.40. The molecule has 0 bridgehead atoms. The summed E-state index contributed by atoms with van der Waals surface area (Å²) in [5.41, 5.74) is 3.97. The minimum atomic E-state index is -3.60.